The predicted octanol–water partition coefficient (Wildman–Crippen LogP) is 4.42. The third-order valence-corrected chi connectivity index (χ3v) is 4.30. The summed E-state index contributed by atoms with van der Waals surface area (Å²) >= 11 is 0. The van der Waals surface area contributed by atoms with Crippen LogP contribution in [0.5, 0.6) is 5.75 Å². The monoisotopic (exact) mass is 426 g/mol. The van der Waals surface area contributed by atoms with Crippen LogP contribution in [-0.4, -0.2) is 40.4 Å². The summed E-state index contributed by atoms with van der Waals surface area (Å²) in [6.07, 6.45) is -4.24. The molecule has 0 aliphatic rings. The van der Waals surface area contributed by atoms with Crippen LogP contribution in [0.1, 0.15) is 32.8 Å². The average molecular weight is 426 g/mol. The molecule has 0 radical (unpaired) electrons. The van der Waals surface area contributed by atoms with Gasteiger partial charge in [-0.2, -0.15) is 13.2 Å². The maximum Gasteiger partial charge on any atom is 0.419 e. The van der Waals surface area contributed by atoms with Crippen molar-refractivity contribution in [1.29, 1.82) is 0 Å². The number of anilines is 1. The Morgan fingerprint density at radius 3 is 2.50 bits per heavy atom. The Bertz CT molecular complexity index is 901. The molecule has 1 amide bonds. The minimum Gasteiger partial charge on any atom is -0.491 e. The van der Waals surface area contributed by atoms with E-state index in [4.69, 9.17) is 15.6 Å². The van der Waals surface area contributed by atoms with Crippen molar-refractivity contribution in [2.75, 3.05) is 18.6 Å². The number of rotatable bonds is 7. The lowest BCUT2D eigenvalue weighted by atomic mass is 9.93. The second-order valence-corrected chi connectivity index (χ2v) is 7.85. The first-order valence-corrected chi connectivity index (χ1v) is 9.22. The maximum absolute atomic E-state index is 13.7. The van der Waals surface area contributed by atoms with Crippen molar-refractivity contribution in [3.05, 3.63) is 36.2 Å². The highest BCUT2D eigenvalue weighted by atomic mass is 19.4. The number of hydrogen-bond donors (Lipinski definition) is 2. The number of amides is 1. The highest BCUT2D eigenvalue weighted by Gasteiger charge is 2.35. The minimum atomic E-state index is -4.66. The Morgan fingerprint density at radius 1 is 1.27 bits per heavy atom. The smallest absolute Gasteiger partial charge is 0.419 e. The largest absolute Gasteiger partial charge is 0.491 e. The first-order valence-electron chi connectivity index (χ1n) is 9.22. The first kappa shape index (κ1) is 23.4. The first-order chi connectivity index (χ1) is 13.8. The lowest BCUT2D eigenvalue weighted by Crippen LogP contribution is -2.43. The van der Waals surface area contributed by atoms with Crippen LogP contribution in [0.3, 0.4) is 0 Å². The van der Waals surface area contributed by atoms with E-state index in [0.29, 0.717) is 6.42 Å². The van der Waals surface area contributed by atoms with E-state index in [1.807, 2.05) is 13.8 Å². The Balaban J connectivity index is 2.38. The predicted molar refractivity (Wildman–Crippen MR) is 106 cm³/mol. The summed E-state index contributed by atoms with van der Waals surface area (Å²) in [5.41, 5.74) is 4.69. The van der Waals surface area contributed by atoms with Gasteiger partial charge in [-0.1, -0.05) is 13.8 Å². The lowest BCUT2D eigenvalue weighted by Gasteiger charge is -2.27. The van der Waals surface area contributed by atoms with Gasteiger partial charge in [-0.3, -0.25) is 4.90 Å². The van der Waals surface area contributed by atoms with E-state index in [-0.39, 0.29) is 35.3 Å². The van der Waals surface area contributed by atoms with E-state index in [1.165, 1.54) is 25.2 Å². The van der Waals surface area contributed by atoms with Crippen molar-refractivity contribution in [2.24, 2.45) is 11.7 Å². The molecule has 2 rings (SSSR count). The molecule has 1 aromatic heterocycles. The van der Waals surface area contributed by atoms with Crippen molar-refractivity contribution < 1.29 is 27.8 Å². The molecule has 7 nitrogen and oxygen atoms in total. The van der Waals surface area contributed by atoms with E-state index in [0.717, 1.165) is 17.3 Å². The van der Waals surface area contributed by atoms with Gasteiger partial charge in [0.1, 0.15) is 24.5 Å². The number of benzene rings is 1. The molecule has 3 N–H and O–H groups in total. The van der Waals surface area contributed by atoms with Crippen LogP contribution in [-0.2, 0) is 6.18 Å². The number of halogens is 3. The molecule has 2 aromatic rings. The van der Waals surface area contributed by atoms with Crippen LogP contribution < -0.4 is 15.4 Å². The van der Waals surface area contributed by atoms with Crippen LogP contribution in [0.2, 0.25) is 0 Å². The molecule has 1 unspecified atom stereocenters. The van der Waals surface area contributed by atoms with Gasteiger partial charge in [0.15, 0.2) is 0 Å². The van der Waals surface area contributed by atoms with E-state index < -0.39 is 23.4 Å². The van der Waals surface area contributed by atoms with Gasteiger partial charge >= 0.3 is 12.3 Å². The summed E-state index contributed by atoms with van der Waals surface area (Å²) in [7, 11) is 1.27. The molecule has 0 saturated heterocycles. The second-order valence-electron chi connectivity index (χ2n) is 7.85. The molecule has 10 heteroatoms. The molecule has 0 aliphatic heterocycles. The van der Waals surface area contributed by atoms with Gasteiger partial charge in [-0.25, -0.2) is 14.8 Å². The SMILES string of the molecule is CC(C)CC(C)(N)COc1ccc(-c2cc(N(C)C(=O)O)ncn2)cc1C(F)(F)F. The van der Waals surface area contributed by atoms with E-state index >= 15 is 0 Å². The van der Waals surface area contributed by atoms with Crippen molar-refractivity contribution >= 4 is 11.9 Å². The number of carbonyl (C=O) groups is 1. The summed E-state index contributed by atoms with van der Waals surface area (Å²) in [5.74, 6) is -0.0264. The number of nitrogens with two attached hydrogens (primary N) is 1. The van der Waals surface area contributed by atoms with Crippen molar-refractivity contribution in [2.45, 2.75) is 38.9 Å². The van der Waals surface area contributed by atoms with Crippen LogP contribution in [0.25, 0.3) is 11.3 Å². The summed E-state index contributed by atoms with van der Waals surface area (Å²) in [4.78, 5) is 19.7. The van der Waals surface area contributed by atoms with Gasteiger partial charge < -0.3 is 15.6 Å². The van der Waals surface area contributed by atoms with Gasteiger partial charge in [0, 0.05) is 24.2 Å². The van der Waals surface area contributed by atoms with Gasteiger partial charge in [-0.15, -0.1) is 0 Å². The number of ether oxygens (including phenoxy) is 1. The molecule has 1 heterocycles. The van der Waals surface area contributed by atoms with Crippen LogP contribution >= 0.6 is 0 Å². The highest BCUT2D eigenvalue weighted by molar-refractivity contribution is 5.84. The number of hydrogen-bond acceptors (Lipinski definition) is 5. The van der Waals surface area contributed by atoms with Gasteiger partial charge in [0.25, 0.3) is 0 Å². The Hall–Kier alpha value is -2.88. The van der Waals surface area contributed by atoms with E-state index in [1.54, 1.807) is 6.92 Å². The normalized spacial score (nSPS) is 13.8. The average Bonchev–Trinajstić information content (AvgIpc) is 2.64. The van der Waals surface area contributed by atoms with Gasteiger partial charge in [-0.05, 0) is 37.5 Å². The number of aromatic nitrogens is 2. The number of nitrogens with zero attached hydrogens (tertiary/aromatic N) is 3. The minimum absolute atomic E-state index is 0.0361. The molecule has 1 atom stereocenters. The molecule has 0 aliphatic carbocycles. The summed E-state index contributed by atoms with van der Waals surface area (Å²) in [5, 5.41) is 9.05. The molecule has 0 fully saturated rings. The fourth-order valence-electron chi connectivity index (χ4n) is 3.06. The Morgan fingerprint density at radius 2 is 1.93 bits per heavy atom. The maximum atomic E-state index is 13.7. The highest BCUT2D eigenvalue weighted by Crippen LogP contribution is 2.39. The molecular formula is C20H25F3N4O3. The van der Waals surface area contributed by atoms with Crippen LogP contribution in [0.15, 0.2) is 30.6 Å². The zero-order valence-corrected chi connectivity index (χ0v) is 17.2. The molecule has 0 spiro atoms. The van der Waals surface area contributed by atoms with Crippen LogP contribution in [0.4, 0.5) is 23.8 Å². The fourth-order valence-corrected chi connectivity index (χ4v) is 3.06. The third kappa shape index (κ3) is 6.06. The van der Waals surface area contributed by atoms with E-state index in [9.17, 15) is 18.0 Å². The summed E-state index contributed by atoms with van der Waals surface area (Å²) in [6.45, 7) is 5.60. The van der Waals surface area contributed by atoms with Crippen molar-refractivity contribution in [3.8, 4) is 17.0 Å². The Kier molecular flexibility index (Phi) is 6.91. The number of carboxylic acid groups (broad SMARTS) is 1. The molecule has 0 bridgehead atoms. The lowest BCUT2D eigenvalue weighted by molar-refractivity contribution is -0.139. The summed E-state index contributed by atoms with van der Waals surface area (Å²) < 4.78 is 46.4. The van der Waals surface area contributed by atoms with Gasteiger partial charge in [0.05, 0.1) is 11.3 Å². The van der Waals surface area contributed by atoms with Crippen LogP contribution in [0, 0.1) is 5.92 Å². The standard InChI is InChI=1S/C20H25F3N4O3/c1-12(2)9-19(3,24)10-30-16-6-5-13(7-14(16)20(21,22)23)15-8-17(26-11-25-15)27(4)18(28)29/h5-8,11-12H,9-10,24H2,1-4H3,(H,28,29). The van der Waals surface area contributed by atoms with Crippen molar-refractivity contribution in [1.82, 2.24) is 9.97 Å². The quantitative estimate of drug-likeness (QED) is 0.680. The molecule has 1 aromatic carbocycles. The second kappa shape index (κ2) is 8.86. The topological polar surface area (TPSA) is 102 Å². The van der Waals surface area contributed by atoms with Crippen molar-refractivity contribution in [3.63, 3.8) is 0 Å². The Labute approximate surface area is 172 Å². The number of alkyl halides is 3. The van der Waals surface area contributed by atoms with E-state index in [2.05, 4.69) is 9.97 Å². The molecule has 30 heavy (non-hydrogen) atoms. The fraction of sp³-hybridized carbons (Fsp3) is 0.450. The zero-order chi connectivity index (χ0) is 22.7. The zero-order valence-electron chi connectivity index (χ0n) is 17.2. The molecular weight excluding hydrogens is 401 g/mol. The molecule has 164 valence electrons. The van der Waals surface area contributed by atoms with Gasteiger partial charge in [0.2, 0.25) is 0 Å². The molecule has 0 saturated carbocycles. The third-order valence-electron chi connectivity index (χ3n) is 4.30. The summed E-state index contributed by atoms with van der Waals surface area (Å²) in [6, 6.07) is 4.85.